The maximum absolute atomic E-state index is 5.36. The van der Waals surface area contributed by atoms with E-state index in [1.54, 1.807) is 6.21 Å². The molecule has 1 aromatic carbocycles. The maximum atomic E-state index is 5.36. The van der Waals surface area contributed by atoms with E-state index >= 15 is 0 Å². The molecule has 18 heavy (non-hydrogen) atoms. The fraction of sp³-hybridized carbons (Fsp3) is 0.500. The zero-order valence-corrected chi connectivity index (χ0v) is 12.6. The van der Waals surface area contributed by atoms with Crippen molar-refractivity contribution in [2.24, 2.45) is 5.16 Å². The van der Waals surface area contributed by atoms with Gasteiger partial charge in [-0.2, -0.15) is 0 Å². The summed E-state index contributed by atoms with van der Waals surface area (Å²) in [5, 5.41) is 3.86. The normalized spacial score (nSPS) is 11.9. The Kier molecular flexibility index (Phi) is 6.68. The van der Waals surface area contributed by atoms with Crippen LogP contribution in [0.3, 0.4) is 0 Å². The Morgan fingerprint density at radius 1 is 1.17 bits per heavy atom. The molecule has 0 saturated carbocycles. The van der Waals surface area contributed by atoms with Gasteiger partial charge in [-0.1, -0.05) is 55.1 Å². The van der Waals surface area contributed by atoms with Gasteiger partial charge in [0.2, 0.25) is 6.79 Å². The van der Waals surface area contributed by atoms with Crippen LogP contribution in [0.15, 0.2) is 35.5 Å². The van der Waals surface area contributed by atoms with Gasteiger partial charge in [-0.25, -0.2) is 0 Å². The largest absolute Gasteiger partial charge is 0.367 e. The number of ether oxygens (including phenoxy) is 1. The average Bonchev–Trinajstić information content (AvgIpc) is 2.32. The minimum Gasteiger partial charge on any atom is -0.367 e. The molecule has 0 radical (unpaired) electrons. The van der Waals surface area contributed by atoms with Gasteiger partial charge in [-0.15, -0.1) is 0 Å². The summed E-state index contributed by atoms with van der Waals surface area (Å²) in [6, 6.07) is 11.3. The molecule has 0 spiro atoms. The molecule has 4 heteroatoms. The van der Waals surface area contributed by atoms with Gasteiger partial charge in [-0.05, 0) is 11.6 Å². The molecule has 0 N–H and O–H groups in total. The van der Waals surface area contributed by atoms with E-state index in [2.05, 4.69) is 36.9 Å². The highest BCUT2D eigenvalue weighted by Gasteiger charge is 2.11. The van der Waals surface area contributed by atoms with Crippen molar-refractivity contribution in [3.8, 4) is 0 Å². The molecule has 0 heterocycles. The molecular formula is C14H23NO2Si. The Hall–Kier alpha value is -1.13. The van der Waals surface area contributed by atoms with E-state index in [0.29, 0.717) is 0 Å². The van der Waals surface area contributed by atoms with Crippen molar-refractivity contribution in [2.45, 2.75) is 32.1 Å². The Balaban J connectivity index is 2.01. The van der Waals surface area contributed by atoms with Crippen LogP contribution >= 0.6 is 0 Å². The van der Waals surface area contributed by atoms with Crippen LogP contribution in [0.25, 0.3) is 0 Å². The summed E-state index contributed by atoms with van der Waals surface area (Å²) in [4.78, 5) is 5.03. The molecule has 0 unspecified atom stereocenters. The summed E-state index contributed by atoms with van der Waals surface area (Å²) in [6.07, 6.45) is 2.55. The summed E-state index contributed by atoms with van der Waals surface area (Å²) in [5.41, 5.74) is 1.23. The van der Waals surface area contributed by atoms with E-state index in [9.17, 15) is 0 Å². The third-order valence-electron chi connectivity index (χ3n) is 2.45. The van der Waals surface area contributed by atoms with E-state index in [1.165, 1.54) is 5.56 Å². The van der Waals surface area contributed by atoms with Gasteiger partial charge in [0, 0.05) is 27.3 Å². The van der Waals surface area contributed by atoms with E-state index in [-0.39, 0.29) is 6.79 Å². The molecule has 1 aromatic rings. The third-order valence-corrected chi connectivity index (χ3v) is 4.16. The number of nitrogens with zero attached hydrogens (tertiary/aromatic N) is 1. The van der Waals surface area contributed by atoms with Gasteiger partial charge in [-0.3, -0.25) is 0 Å². The number of hydrogen-bond acceptors (Lipinski definition) is 3. The summed E-state index contributed by atoms with van der Waals surface area (Å²) in [6.45, 7) is 8.00. The predicted octanol–water partition coefficient (Wildman–Crippen LogP) is 3.54. The fourth-order valence-electron chi connectivity index (χ4n) is 1.31. The molecule has 0 aliphatic carbocycles. The standard InChI is InChI=1S/C14H23NO2Si/c1-18(2,3)12-11-16-13-17-15-10-9-14-7-5-4-6-8-14/h4-8,10H,9,11-13H2,1-3H3/b15-10+. The second-order valence-corrected chi connectivity index (χ2v) is 11.1. The van der Waals surface area contributed by atoms with Crippen LogP contribution < -0.4 is 0 Å². The van der Waals surface area contributed by atoms with Crippen LogP contribution in [0.4, 0.5) is 0 Å². The van der Waals surface area contributed by atoms with Crippen LogP contribution in [0, 0.1) is 0 Å². The summed E-state index contributed by atoms with van der Waals surface area (Å²) >= 11 is 0. The number of rotatable bonds is 8. The van der Waals surface area contributed by atoms with Gasteiger partial charge in [0.25, 0.3) is 0 Å². The van der Waals surface area contributed by atoms with Crippen molar-refractivity contribution in [3.05, 3.63) is 35.9 Å². The van der Waals surface area contributed by atoms with Gasteiger partial charge >= 0.3 is 0 Å². The lowest BCUT2D eigenvalue weighted by Crippen LogP contribution is -2.21. The van der Waals surface area contributed by atoms with Gasteiger partial charge < -0.3 is 9.57 Å². The van der Waals surface area contributed by atoms with E-state index in [0.717, 1.165) is 19.1 Å². The first kappa shape index (κ1) is 14.9. The highest BCUT2D eigenvalue weighted by atomic mass is 28.3. The van der Waals surface area contributed by atoms with Crippen LogP contribution in [0.5, 0.6) is 0 Å². The average molecular weight is 265 g/mol. The second kappa shape index (κ2) is 8.05. The highest BCUT2D eigenvalue weighted by molar-refractivity contribution is 6.76. The van der Waals surface area contributed by atoms with Crippen molar-refractivity contribution in [2.75, 3.05) is 13.4 Å². The van der Waals surface area contributed by atoms with Crippen molar-refractivity contribution in [1.82, 2.24) is 0 Å². The third kappa shape index (κ3) is 8.03. The number of hydrogen-bond donors (Lipinski definition) is 0. The van der Waals surface area contributed by atoms with E-state index in [1.807, 2.05) is 18.2 Å². The Morgan fingerprint density at radius 2 is 1.89 bits per heavy atom. The first-order chi connectivity index (χ1) is 8.58. The summed E-state index contributed by atoms with van der Waals surface area (Å²) in [7, 11) is -0.996. The predicted molar refractivity (Wildman–Crippen MR) is 78.7 cm³/mol. The lowest BCUT2D eigenvalue weighted by atomic mass is 10.2. The van der Waals surface area contributed by atoms with Crippen molar-refractivity contribution < 1.29 is 9.57 Å². The molecular weight excluding hydrogens is 242 g/mol. The SMILES string of the molecule is C[Si](C)(C)CCOCO/N=C/Cc1ccccc1. The fourth-order valence-corrected chi connectivity index (χ4v) is 2.07. The molecule has 0 fully saturated rings. The molecule has 0 aromatic heterocycles. The maximum Gasteiger partial charge on any atom is 0.216 e. The van der Waals surface area contributed by atoms with E-state index in [4.69, 9.17) is 9.57 Å². The molecule has 0 bridgehead atoms. The molecule has 3 nitrogen and oxygen atoms in total. The molecule has 100 valence electrons. The topological polar surface area (TPSA) is 30.8 Å². The van der Waals surface area contributed by atoms with E-state index < -0.39 is 8.07 Å². The minimum absolute atomic E-state index is 0.246. The first-order valence-corrected chi connectivity index (χ1v) is 10.0. The molecule has 0 aliphatic heterocycles. The molecule has 0 aliphatic rings. The summed E-state index contributed by atoms with van der Waals surface area (Å²) < 4.78 is 5.36. The highest BCUT2D eigenvalue weighted by Crippen LogP contribution is 2.07. The lowest BCUT2D eigenvalue weighted by Gasteiger charge is -2.14. The van der Waals surface area contributed by atoms with Gasteiger partial charge in [0.1, 0.15) is 0 Å². The Bertz CT molecular complexity index is 347. The molecule has 1 rings (SSSR count). The zero-order valence-electron chi connectivity index (χ0n) is 11.6. The van der Waals surface area contributed by atoms with Gasteiger partial charge in [0.15, 0.2) is 0 Å². The zero-order chi connectivity index (χ0) is 13.3. The quantitative estimate of drug-likeness (QED) is 0.237. The minimum atomic E-state index is -0.996. The van der Waals surface area contributed by atoms with Crippen LogP contribution in [-0.4, -0.2) is 27.7 Å². The van der Waals surface area contributed by atoms with Gasteiger partial charge in [0.05, 0.1) is 0 Å². The Labute approximate surface area is 111 Å². The van der Waals surface area contributed by atoms with Crippen molar-refractivity contribution >= 4 is 14.3 Å². The summed E-state index contributed by atoms with van der Waals surface area (Å²) in [5.74, 6) is 0. The van der Waals surface area contributed by atoms with Crippen molar-refractivity contribution in [1.29, 1.82) is 0 Å². The first-order valence-electron chi connectivity index (χ1n) is 6.33. The molecule has 0 amide bonds. The van der Waals surface area contributed by atoms with Crippen molar-refractivity contribution in [3.63, 3.8) is 0 Å². The van der Waals surface area contributed by atoms with Crippen LogP contribution in [0.2, 0.25) is 25.7 Å². The number of benzene rings is 1. The monoisotopic (exact) mass is 265 g/mol. The second-order valence-electron chi connectivity index (χ2n) is 5.44. The molecule has 0 saturated heterocycles. The lowest BCUT2D eigenvalue weighted by molar-refractivity contribution is -0.0473. The van der Waals surface area contributed by atoms with Crippen LogP contribution in [-0.2, 0) is 16.0 Å². The smallest absolute Gasteiger partial charge is 0.216 e. The number of oxime groups is 1. The molecule has 0 atom stereocenters. The van der Waals surface area contributed by atoms with Crippen LogP contribution in [0.1, 0.15) is 5.56 Å². The Morgan fingerprint density at radius 3 is 2.56 bits per heavy atom.